The summed E-state index contributed by atoms with van der Waals surface area (Å²) in [5.41, 5.74) is 0.133. The Bertz CT molecular complexity index is 673. The minimum atomic E-state index is -0.688. The van der Waals surface area contributed by atoms with E-state index in [2.05, 4.69) is 5.32 Å². The highest BCUT2D eigenvalue weighted by Crippen LogP contribution is 2.26. The standard InChI is InChI=1S/C15H13Cl2NO3S/c1-9(12-6-3-7-22-12)18-13(19)8-21-15(20)10-4-2-5-11(16)14(10)17/h2-7,9H,8H2,1H3,(H,18,19)/t9-/m1/s1. The molecule has 2 rings (SSSR count). The number of hydrogen-bond donors (Lipinski definition) is 1. The van der Waals surface area contributed by atoms with Crippen LogP contribution in [0.5, 0.6) is 0 Å². The van der Waals surface area contributed by atoms with Crippen molar-refractivity contribution in [2.75, 3.05) is 6.61 Å². The summed E-state index contributed by atoms with van der Waals surface area (Å²) in [6.07, 6.45) is 0. The maximum atomic E-state index is 11.9. The molecular weight excluding hydrogens is 345 g/mol. The third kappa shape index (κ3) is 4.22. The Kier molecular flexibility index (Phi) is 5.83. The first-order valence-corrected chi connectivity index (χ1v) is 8.06. The number of esters is 1. The van der Waals surface area contributed by atoms with Gasteiger partial charge in [0, 0.05) is 4.88 Å². The van der Waals surface area contributed by atoms with Crippen molar-refractivity contribution in [1.82, 2.24) is 5.32 Å². The number of benzene rings is 1. The van der Waals surface area contributed by atoms with E-state index in [9.17, 15) is 9.59 Å². The fourth-order valence-electron chi connectivity index (χ4n) is 1.76. The minimum absolute atomic E-state index is 0.113. The molecule has 2 aromatic rings. The van der Waals surface area contributed by atoms with Crippen molar-refractivity contribution in [2.45, 2.75) is 13.0 Å². The maximum absolute atomic E-state index is 11.9. The summed E-state index contributed by atoms with van der Waals surface area (Å²) in [4.78, 5) is 24.7. The van der Waals surface area contributed by atoms with Gasteiger partial charge in [-0.3, -0.25) is 4.79 Å². The predicted molar refractivity (Wildman–Crippen MR) is 87.6 cm³/mol. The lowest BCUT2D eigenvalue weighted by Gasteiger charge is -2.12. The summed E-state index contributed by atoms with van der Waals surface area (Å²) < 4.78 is 4.95. The van der Waals surface area contributed by atoms with E-state index < -0.39 is 5.97 Å². The van der Waals surface area contributed by atoms with E-state index in [1.807, 2.05) is 24.4 Å². The molecule has 4 nitrogen and oxygen atoms in total. The van der Waals surface area contributed by atoms with Crippen LogP contribution in [0.3, 0.4) is 0 Å². The first kappa shape index (κ1) is 16.8. The average molecular weight is 358 g/mol. The molecule has 0 aliphatic heterocycles. The molecule has 0 saturated heterocycles. The number of carbonyl (C=O) groups is 2. The van der Waals surface area contributed by atoms with Crippen LogP contribution in [-0.4, -0.2) is 18.5 Å². The van der Waals surface area contributed by atoms with E-state index in [1.54, 1.807) is 23.5 Å². The van der Waals surface area contributed by atoms with Gasteiger partial charge in [-0.1, -0.05) is 35.3 Å². The Morgan fingerprint density at radius 3 is 2.73 bits per heavy atom. The van der Waals surface area contributed by atoms with Crippen molar-refractivity contribution in [3.63, 3.8) is 0 Å². The second kappa shape index (κ2) is 7.63. The van der Waals surface area contributed by atoms with Gasteiger partial charge in [0.2, 0.25) is 0 Å². The highest BCUT2D eigenvalue weighted by atomic mass is 35.5. The number of hydrogen-bond acceptors (Lipinski definition) is 4. The van der Waals surface area contributed by atoms with Crippen molar-refractivity contribution >= 4 is 46.4 Å². The number of amides is 1. The zero-order valence-electron chi connectivity index (χ0n) is 11.6. The van der Waals surface area contributed by atoms with Crippen LogP contribution in [0.2, 0.25) is 10.0 Å². The summed E-state index contributed by atoms with van der Waals surface area (Å²) in [7, 11) is 0. The van der Waals surface area contributed by atoms with Gasteiger partial charge >= 0.3 is 5.97 Å². The molecule has 1 atom stereocenters. The van der Waals surface area contributed by atoms with Gasteiger partial charge in [-0.25, -0.2) is 4.79 Å². The second-order valence-corrected chi connectivity index (χ2v) is 6.25. The molecule has 22 heavy (non-hydrogen) atoms. The lowest BCUT2D eigenvalue weighted by Crippen LogP contribution is -2.30. The fraction of sp³-hybridized carbons (Fsp3) is 0.200. The van der Waals surface area contributed by atoms with Gasteiger partial charge in [0.15, 0.2) is 6.61 Å². The van der Waals surface area contributed by atoms with E-state index in [4.69, 9.17) is 27.9 Å². The lowest BCUT2D eigenvalue weighted by atomic mass is 10.2. The van der Waals surface area contributed by atoms with Crippen LogP contribution < -0.4 is 5.32 Å². The number of rotatable bonds is 5. The quantitative estimate of drug-likeness (QED) is 0.819. The van der Waals surface area contributed by atoms with E-state index in [0.29, 0.717) is 0 Å². The van der Waals surface area contributed by atoms with Crippen LogP contribution in [0.4, 0.5) is 0 Å². The van der Waals surface area contributed by atoms with Gasteiger partial charge < -0.3 is 10.1 Å². The van der Waals surface area contributed by atoms with Gasteiger partial charge in [0.1, 0.15) is 0 Å². The highest BCUT2D eigenvalue weighted by Gasteiger charge is 2.16. The van der Waals surface area contributed by atoms with Gasteiger partial charge in [0.05, 0.1) is 21.7 Å². The largest absolute Gasteiger partial charge is 0.452 e. The molecule has 0 saturated carbocycles. The molecular formula is C15H13Cl2NO3S. The molecule has 1 heterocycles. The van der Waals surface area contributed by atoms with E-state index in [-0.39, 0.29) is 34.2 Å². The molecule has 0 bridgehead atoms. The molecule has 1 aromatic carbocycles. The number of ether oxygens (including phenoxy) is 1. The molecule has 0 unspecified atom stereocenters. The maximum Gasteiger partial charge on any atom is 0.340 e. The molecule has 1 N–H and O–H groups in total. The minimum Gasteiger partial charge on any atom is -0.452 e. The molecule has 0 radical (unpaired) electrons. The third-order valence-corrected chi connectivity index (χ3v) is 4.73. The van der Waals surface area contributed by atoms with Crippen LogP contribution in [0.25, 0.3) is 0 Å². The molecule has 0 spiro atoms. The summed E-state index contributed by atoms with van der Waals surface area (Å²) in [6.45, 7) is 1.48. The topological polar surface area (TPSA) is 55.4 Å². The first-order chi connectivity index (χ1) is 10.5. The summed E-state index contributed by atoms with van der Waals surface area (Å²) >= 11 is 13.3. The van der Waals surface area contributed by atoms with Crippen LogP contribution in [0.15, 0.2) is 35.7 Å². The van der Waals surface area contributed by atoms with Crippen LogP contribution in [0.1, 0.15) is 28.2 Å². The van der Waals surface area contributed by atoms with Gasteiger partial charge in [-0.05, 0) is 30.5 Å². The number of halogens is 2. The first-order valence-electron chi connectivity index (χ1n) is 6.43. The SMILES string of the molecule is C[C@@H](NC(=O)COC(=O)c1cccc(Cl)c1Cl)c1cccs1. The Balaban J connectivity index is 1.88. The zero-order valence-corrected chi connectivity index (χ0v) is 14.0. The van der Waals surface area contributed by atoms with Crippen LogP contribution in [-0.2, 0) is 9.53 Å². The van der Waals surface area contributed by atoms with Gasteiger partial charge in [-0.2, -0.15) is 0 Å². The van der Waals surface area contributed by atoms with Crippen molar-refractivity contribution in [1.29, 1.82) is 0 Å². The zero-order chi connectivity index (χ0) is 16.1. The summed E-state index contributed by atoms with van der Waals surface area (Å²) in [6, 6.07) is 8.33. The van der Waals surface area contributed by atoms with Crippen molar-refractivity contribution in [3.05, 3.63) is 56.2 Å². The normalized spacial score (nSPS) is 11.8. The Morgan fingerprint density at radius 2 is 2.05 bits per heavy atom. The van der Waals surface area contributed by atoms with Crippen molar-refractivity contribution in [3.8, 4) is 0 Å². The molecule has 1 amide bonds. The van der Waals surface area contributed by atoms with Crippen LogP contribution >= 0.6 is 34.5 Å². The number of carbonyl (C=O) groups excluding carboxylic acids is 2. The lowest BCUT2D eigenvalue weighted by molar-refractivity contribution is -0.124. The number of thiophene rings is 1. The molecule has 1 aromatic heterocycles. The smallest absolute Gasteiger partial charge is 0.340 e. The molecule has 7 heteroatoms. The molecule has 116 valence electrons. The highest BCUT2D eigenvalue weighted by molar-refractivity contribution is 7.10. The Morgan fingerprint density at radius 1 is 1.27 bits per heavy atom. The second-order valence-electron chi connectivity index (χ2n) is 4.48. The van der Waals surface area contributed by atoms with Gasteiger partial charge in [-0.15, -0.1) is 11.3 Å². The summed E-state index contributed by atoms with van der Waals surface area (Å²) in [5, 5.41) is 5.05. The molecule has 0 fully saturated rings. The predicted octanol–water partition coefficient (Wildman–Crippen LogP) is 4.09. The van der Waals surface area contributed by atoms with E-state index in [0.717, 1.165) is 4.88 Å². The van der Waals surface area contributed by atoms with E-state index >= 15 is 0 Å². The molecule has 0 aliphatic rings. The van der Waals surface area contributed by atoms with Crippen molar-refractivity contribution < 1.29 is 14.3 Å². The Labute approximate surface area is 142 Å². The molecule has 0 aliphatic carbocycles. The van der Waals surface area contributed by atoms with Crippen molar-refractivity contribution in [2.24, 2.45) is 0 Å². The van der Waals surface area contributed by atoms with Gasteiger partial charge in [0.25, 0.3) is 5.91 Å². The third-order valence-electron chi connectivity index (χ3n) is 2.85. The summed E-state index contributed by atoms with van der Waals surface area (Å²) in [5.74, 6) is -1.07. The monoisotopic (exact) mass is 357 g/mol. The van der Waals surface area contributed by atoms with Crippen LogP contribution in [0, 0.1) is 0 Å². The Hall–Kier alpha value is -1.56. The number of nitrogens with one attached hydrogen (secondary N) is 1. The fourth-order valence-corrected chi connectivity index (χ4v) is 2.87. The average Bonchev–Trinajstić information content (AvgIpc) is 3.02. The van der Waals surface area contributed by atoms with E-state index in [1.165, 1.54) is 6.07 Å².